The topological polar surface area (TPSA) is 79.8 Å². The van der Waals surface area contributed by atoms with E-state index in [1.807, 2.05) is 30.8 Å². The Morgan fingerprint density at radius 3 is 2.75 bits per heavy atom. The summed E-state index contributed by atoms with van der Waals surface area (Å²) in [6.45, 7) is 4.31. The summed E-state index contributed by atoms with van der Waals surface area (Å²) in [5.41, 5.74) is 1.42. The second kappa shape index (κ2) is 7.03. The number of carbonyl (C=O) groups is 1. The Hall–Kier alpha value is -2.37. The molecule has 0 spiro atoms. The van der Waals surface area contributed by atoms with Crippen LogP contribution in [0.3, 0.4) is 0 Å². The molecular weight excluding hydrogens is 304 g/mol. The van der Waals surface area contributed by atoms with Crippen LogP contribution in [0.2, 0.25) is 0 Å². The molecule has 2 aromatic rings. The van der Waals surface area contributed by atoms with E-state index in [2.05, 4.69) is 15.4 Å². The fraction of sp³-hybridized carbons (Fsp3) is 0.500. The van der Waals surface area contributed by atoms with Crippen LogP contribution in [-0.4, -0.2) is 20.7 Å². The van der Waals surface area contributed by atoms with Gasteiger partial charge in [0.1, 0.15) is 5.56 Å². The van der Waals surface area contributed by atoms with Crippen molar-refractivity contribution in [2.45, 2.75) is 58.0 Å². The summed E-state index contributed by atoms with van der Waals surface area (Å²) in [7, 11) is 0. The van der Waals surface area contributed by atoms with Gasteiger partial charge in [-0.3, -0.25) is 14.3 Å². The molecule has 0 unspecified atom stereocenters. The number of carbonyl (C=O) groups excluding carboxylic acids is 1. The zero-order chi connectivity index (χ0) is 17.1. The highest BCUT2D eigenvalue weighted by Gasteiger charge is 2.18. The highest BCUT2D eigenvalue weighted by molar-refractivity contribution is 5.93. The molecule has 1 saturated carbocycles. The fourth-order valence-electron chi connectivity index (χ4n) is 3.11. The largest absolute Gasteiger partial charge is 0.346 e. The van der Waals surface area contributed by atoms with E-state index >= 15 is 0 Å². The number of nitrogens with one attached hydrogen (secondary N) is 2. The van der Waals surface area contributed by atoms with Gasteiger partial charge >= 0.3 is 0 Å². The molecule has 3 rings (SSSR count). The Morgan fingerprint density at radius 1 is 1.33 bits per heavy atom. The van der Waals surface area contributed by atoms with Crippen LogP contribution in [0, 0.1) is 0 Å². The number of H-pyrrole nitrogens is 1. The number of rotatable bonds is 5. The van der Waals surface area contributed by atoms with Crippen molar-refractivity contribution in [3.8, 4) is 0 Å². The lowest BCUT2D eigenvalue weighted by Gasteiger charge is -2.09. The zero-order valence-electron chi connectivity index (χ0n) is 14.2. The molecule has 1 amide bonds. The number of nitrogens with zero attached hydrogens (tertiary/aromatic N) is 2. The van der Waals surface area contributed by atoms with Gasteiger partial charge < -0.3 is 10.3 Å². The smallest absolute Gasteiger partial charge is 0.261 e. The van der Waals surface area contributed by atoms with Crippen molar-refractivity contribution in [3.63, 3.8) is 0 Å². The number of hydrogen-bond donors (Lipinski definition) is 2. The number of pyridine rings is 1. The second-order valence-corrected chi connectivity index (χ2v) is 6.72. The third-order valence-electron chi connectivity index (χ3n) is 4.59. The van der Waals surface area contributed by atoms with Gasteiger partial charge in [0.15, 0.2) is 0 Å². The number of amides is 1. The summed E-state index contributed by atoms with van der Waals surface area (Å²) in [6.07, 6.45) is 6.83. The molecule has 2 aromatic heterocycles. The number of aromatic nitrogens is 3. The molecule has 6 heteroatoms. The average molecular weight is 328 g/mol. The summed E-state index contributed by atoms with van der Waals surface area (Å²) in [6, 6.07) is 5.78. The van der Waals surface area contributed by atoms with E-state index in [4.69, 9.17) is 0 Å². The van der Waals surface area contributed by atoms with Crippen molar-refractivity contribution in [1.29, 1.82) is 0 Å². The normalized spacial score (nSPS) is 15.1. The van der Waals surface area contributed by atoms with Gasteiger partial charge in [0, 0.05) is 11.9 Å². The molecule has 6 nitrogen and oxygen atoms in total. The van der Waals surface area contributed by atoms with Crippen molar-refractivity contribution in [2.75, 3.05) is 0 Å². The van der Waals surface area contributed by atoms with E-state index in [1.54, 1.807) is 12.1 Å². The molecule has 1 fully saturated rings. The molecule has 0 saturated heterocycles. The van der Waals surface area contributed by atoms with Crippen molar-refractivity contribution in [2.24, 2.45) is 0 Å². The van der Waals surface area contributed by atoms with Crippen LogP contribution in [0.5, 0.6) is 0 Å². The molecule has 0 radical (unpaired) electrons. The Bertz CT molecular complexity index is 769. The van der Waals surface area contributed by atoms with Crippen molar-refractivity contribution in [3.05, 3.63) is 51.7 Å². The van der Waals surface area contributed by atoms with Gasteiger partial charge in [0.2, 0.25) is 0 Å². The lowest BCUT2D eigenvalue weighted by Crippen LogP contribution is -2.29. The van der Waals surface area contributed by atoms with E-state index in [0.29, 0.717) is 12.6 Å². The minimum atomic E-state index is -0.373. The van der Waals surface area contributed by atoms with Crippen LogP contribution in [0.1, 0.15) is 73.2 Å². The minimum Gasteiger partial charge on any atom is -0.346 e. The molecule has 0 atom stereocenters. The molecule has 0 aromatic carbocycles. The summed E-state index contributed by atoms with van der Waals surface area (Å²) in [5.74, 6) is -0.156. The first-order chi connectivity index (χ1) is 11.5. The van der Waals surface area contributed by atoms with Gasteiger partial charge in [-0.15, -0.1) is 0 Å². The van der Waals surface area contributed by atoms with Crippen molar-refractivity contribution >= 4 is 5.91 Å². The van der Waals surface area contributed by atoms with E-state index in [1.165, 1.54) is 25.7 Å². The van der Waals surface area contributed by atoms with Gasteiger partial charge in [-0.05, 0) is 37.0 Å². The molecule has 2 heterocycles. The summed E-state index contributed by atoms with van der Waals surface area (Å²) in [5, 5.41) is 7.31. The van der Waals surface area contributed by atoms with Gasteiger partial charge in [0.25, 0.3) is 11.5 Å². The maximum Gasteiger partial charge on any atom is 0.261 e. The summed E-state index contributed by atoms with van der Waals surface area (Å²) in [4.78, 5) is 27.0. The quantitative estimate of drug-likeness (QED) is 0.885. The van der Waals surface area contributed by atoms with Crippen molar-refractivity contribution in [1.82, 2.24) is 20.1 Å². The lowest BCUT2D eigenvalue weighted by atomic mass is 10.1. The highest BCUT2D eigenvalue weighted by Crippen LogP contribution is 2.28. The van der Waals surface area contributed by atoms with E-state index < -0.39 is 0 Å². The van der Waals surface area contributed by atoms with Gasteiger partial charge in [-0.1, -0.05) is 26.7 Å². The molecule has 24 heavy (non-hydrogen) atoms. The molecule has 128 valence electrons. The zero-order valence-corrected chi connectivity index (χ0v) is 14.2. The maximum atomic E-state index is 12.2. The van der Waals surface area contributed by atoms with Crippen LogP contribution < -0.4 is 10.9 Å². The van der Waals surface area contributed by atoms with Crippen LogP contribution in [0.15, 0.2) is 29.2 Å². The minimum absolute atomic E-state index is 0.134. The maximum absolute atomic E-state index is 12.2. The molecule has 0 bridgehead atoms. The molecule has 2 N–H and O–H groups in total. The Kier molecular flexibility index (Phi) is 4.83. The third-order valence-corrected chi connectivity index (χ3v) is 4.59. The van der Waals surface area contributed by atoms with Crippen LogP contribution in [0.25, 0.3) is 0 Å². The standard InChI is InChI=1S/C18H24N4O2/c1-12(2)16-8-7-15(18(24)20-16)17(23)19-11-13-9-10-22(21-13)14-5-3-4-6-14/h7-10,12,14H,3-6,11H2,1-2H3,(H,19,23)(H,20,24). The van der Waals surface area contributed by atoms with Crippen LogP contribution >= 0.6 is 0 Å². The van der Waals surface area contributed by atoms with Gasteiger partial charge in [-0.2, -0.15) is 5.10 Å². The average Bonchev–Trinajstić information content (AvgIpc) is 3.23. The van der Waals surface area contributed by atoms with E-state index in [0.717, 1.165) is 11.4 Å². The predicted octanol–water partition coefficient (Wildman–Crippen LogP) is 2.74. The summed E-state index contributed by atoms with van der Waals surface area (Å²) < 4.78 is 2.00. The van der Waals surface area contributed by atoms with Crippen molar-refractivity contribution < 1.29 is 4.79 Å². The Balaban J connectivity index is 1.62. The Morgan fingerprint density at radius 2 is 2.08 bits per heavy atom. The first-order valence-corrected chi connectivity index (χ1v) is 8.60. The third kappa shape index (κ3) is 3.58. The van der Waals surface area contributed by atoms with Crippen LogP contribution in [-0.2, 0) is 6.54 Å². The predicted molar refractivity (Wildman–Crippen MR) is 92.1 cm³/mol. The van der Waals surface area contributed by atoms with Gasteiger partial charge in [0.05, 0.1) is 18.3 Å². The summed E-state index contributed by atoms with van der Waals surface area (Å²) >= 11 is 0. The molecule has 1 aliphatic rings. The number of aromatic amines is 1. The number of hydrogen-bond acceptors (Lipinski definition) is 3. The first-order valence-electron chi connectivity index (χ1n) is 8.60. The van der Waals surface area contributed by atoms with E-state index in [-0.39, 0.29) is 22.9 Å². The highest BCUT2D eigenvalue weighted by atomic mass is 16.2. The lowest BCUT2D eigenvalue weighted by molar-refractivity contribution is 0.0948. The molecule has 0 aliphatic heterocycles. The Labute approximate surface area is 141 Å². The fourth-order valence-corrected chi connectivity index (χ4v) is 3.11. The SMILES string of the molecule is CC(C)c1ccc(C(=O)NCc2ccn(C3CCCC3)n2)c(=O)[nH]1. The van der Waals surface area contributed by atoms with Gasteiger partial charge in [-0.25, -0.2) is 0 Å². The monoisotopic (exact) mass is 328 g/mol. The van der Waals surface area contributed by atoms with Crippen LogP contribution in [0.4, 0.5) is 0 Å². The molecular formula is C18H24N4O2. The first kappa shape index (κ1) is 16.5. The molecule has 1 aliphatic carbocycles. The van der Waals surface area contributed by atoms with E-state index in [9.17, 15) is 9.59 Å². The second-order valence-electron chi connectivity index (χ2n) is 6.72.